The number of carbonyl (C=O) groups excluding carboxylic acids is 2. The number of nitrogens with zero attached hydrogens (tertiary/aromatic N) is 4. The first-order valence-electron chi connectivity index (χ1n) is 12.6. The van der Waals surface area contributed by atoms with E-state index in [1.165, 1.54) is 39.3 Å². The molecule has 5 rings (SSSR count). The molecule has 0 radical (unpaired) electrons. The number of Topliss-reactive ketones (excluding diaryl/α,β-unsaturated/α-hetero) is 1. The quantitative estimate of drug-likeness (QED) is 0.106. The number of ketones is 1. The van der Waals surface area contributed by atoms with Crippen LogP contribution < -0.4 is 9.64 Å². The van der Waals surface area contributed by atoms with Crippen LogP contribution in [0, 0.1) is 13.8 Å². The molecule has 0 aliphatic carbocycles. The zero-order valence-electron chi connectivity index (χ0n) is 22.2. The largest absolute Gasteiger partial charge is 0.503 e. The Hall–Kier alpha value is -2.96. The van der Waals surface area contributed by atoms with Gasteiger partial charge in [0, 0.05) is 21.4 Å². The number of para-hydroxylation sites is 1. The molecule has 3 heterocycles. The lowest BCUT2D eigenvalue weighted by atomic mass is 9.94. The summed E-state index contributed by atoms with van der Waals surface area (Å²) < 4.78 is 6.59. The topological polar surface area (TPSA) is 106 Å². The molecule has 2 aromatic carbocycles. The van der Waals surface area contributed by atoms with E-state index in [0.717, 1.165) is 12.0 Å². The van der Waals surface area contributed by atoms with Gasteiger partial charge in [-0.15, -0.1) is 21.5 Å². The van der Waals surface area contributed by atoms with Crippen LogP contribution in [0.3, 0.4) is 0 Å². The number of ether oxygens (including phenoxy) is 1. The molecule has 13 heteroatoms. The number of rotatable bonds is 10. The number of amides is 1. The van der Waals surface area contributed by atoms with Crippen LogP contribution in [0.25, 0.3) is 0 Å². The number of carbonyl (C=O) groups is 2. The first kappa shape index (κ1) is 29.5. The predicted octanol–water partition coefficient (Wildman–Crippen LogP) is 7.78. The molecule has 1 atom stereocenters. The number of anilines is 1. The van der Waals surface area contributed by atoms with Crippen molar-refractivity contribution in [2.24, 2.45) is 0 Å². The lowest BCUT2D eigenvalue weighted by molar-refractivity contribution is -0.117. The summed E-state index contributed by atoms with van der Waals surface area (Å²) in [5, 5.41) is 21.8. The molecule has 0 saturated heterocycles. The Bertz CT molecular complexity index is 1670. The third-order valence-corrected chi connectivity index (χ3v) is 9.97. The summed E-state index contributed by atoms with van der Waals surface area (Å²) in [6.45, 7) is 5.97. The van der Waals surface area contributed by atoms with Crippen molar-refractivity contribution in [1.82, 2.24) is 15.2 Å². The van der Waals surface area contributed by atoms with Gasteiger partial charge in [0.2, 0.25) is 10.9 Å². The number of benzene rings is 2. The first-order chi connectivity index (χ1) is 19.7. The molecule has 212 valence electrons. The van der Waals surface area contributed by atoms with Crippen LogP contribution in [-0.4, -0.2) is 38.6 Å². The summed E-state index contributed by atoms with van der Waals surface area (Å²) in [6.07, 6.45) is 0.766. The predicted molar refractivity (Wildman–Crippen MR) is 164 cm³/mol. The summed E-state index contributed by atoms with van der Waals surface area (Å²) in [5.41, 5.74) is 1.91. The van der Waals surface area contributed by atoms with E-state index in [1.807, 2.05) is 19.1 Å². The van der Waals surface area contributed by atoms with Crippen LogP contribution in [0.4, 0.5) is 5.13 Å². The van der Waals surface area contributed by atoms with Crippen LogP contribution in [0.15, 0.2) is 58.1 Å². The number of aliphatic hydroxyl groups excluding tert-OH is 1. The summed E-state index contributed by atoms with van der Waals surface area (Å²) >= 11 is 16.1. The van der Waals surface area contributed by atoms with E-state index in [1.54, 1.807) is 44.2 Å². The van der Waals surface area contributed by atoms with Crippen LogP contribution in [0.1, 0.15) is 50.9 Å². The van der Waals surface area contributed by atoms with Gasteiger partial charge in [-0.1, -0.05) is 77.5 Å². The summed E-state index contributed by atoms with van der Waals surface area (Å²) in [6, 6.07) is 11.5. The van der Waals surface area contributed by atoms with Crippen molar-refractivity contribution in [3.63, 3.8) is 0 Å². The number of thioether (sulfide) groups is 1. The van der Waals surface area contributed by atoms with Gasteiger partial charge in [0.05, 0.1) is 27.8 Å². The van der Waals surface area contributed by atoms with Gasteiger partial charge in [-0.25, -0.2) is 4.98 Å². The Kier molecular flexibility index (Phi) is 9.00. The minimum Gasteiger partial charge on any atom is -0.503 e. The Morgan fingerprint density at radius 2 is 1.93 bits per heavy atom. The fourth-order valence-corrected chi connectivity index (χ4v) is 7.68. The number of hydrogen-bond acceptors (Lipinski definition) is 10. The monoisotopic (exact) mass is 646 g/mol. The molecule has 1 amide bonds. The second kappa shape index (κ2) is 12.5. The smallest absolute Gasteiger partial charge is 0.296 e. The van der Waals surface area contributed by atoms with Crippen molar-refractivity contribution in [2.45, 2.75) is 43.3 Å². The maximum atomic E-state index is 13.9. The molecule has 1 aliphatic rings. The Labute approximate surface area is 259 Å². The van der Waals surface area contributed by atoms with Gasteiger partial charge in [0.1, 0.15) is 11.8 Å². The van der Waals surface area contributed by atoms with Gasteiger partial charge in [0.15, 0.2) is 10.1 Å². The van der Waals surface area contributed by atoms with Crippen LogP contribution >= 0.6 is 57.6 Å². The minimum absolute atomic E-state index is 0.0494. The molecule has 4 aromatic rings. The molecule has 0 spiro atoms. The molecule has 0 fully saturated rings. The number of thiazole rings is 1. The average Bonchev–Trinajstić information content (AvgIpc) is 3.62. The highest BCUT2D eigenvalue weighted by Gasteiger charge is 2.47. The van der Waals surface area contributed by atoms with Crippen molar-refractivity contribution in [2.75, 3.05) is 11.5 Å². The average molecular weight is 648 g/mol. The molecular weight excluding hydrogens is 623 g/mol. The SMILES string of the molecule is CCCOc1ccccc1C1C(C(=O)c2sc(C)nc2C)=C(O)C(=O)N1c1nnc(SCc2ccc(Cl)cc2Cl)s1. The van der Waals surface area contributed by atoms with Gasteiger partial charge in [-0.2, -0.15) is 0 Å². The summed E-state index contributed by atoms with van der Waals surface area (Å²) in [4.78, 5) is 33.6. The molecule has 1 unspecified atom stereocenters. The molecule has 1 aliphatic heterocycles. The number of halogens is 2. The van der Waals surface area contributed by atoms with Crippen molar-refractivity contribution in [3.05, 3.63) is 90.5 Å². The maximum absolute atomic E-state index is 13.9. The van der Waals surface area contributed by atoms with E-state index in [0.29, 0.717) is 53.6 Å². The number of aliphatic hydroxyl groups is 1. The molecule has 0 bridgehead atoms. The fraction of sp³-hybridized carbons (Fsp3) is 0.250. The Balaban J connectivity index is 1.54. The van der Waals surface area contributed by atoms with Crippen molar-refractivity contribution < 1.29 is 19.4 Å². The van der Waals surface area contributed by atoms with Gasteiger partial charge in [-0.3, -0.25) is 14.5 Å². The Morgan fingerprint density at radius 1 is 1.15 bits per heavy atom. The van der Waals surface area contributed by atoms with E-state index >= 15 is 0 Å². The minimum atomic E-state index is -0.985. The van der Waals surface area contributed by atoms with Gasteiger partial charge in [0.25, 0.3) is 5.91 Å². The number of aromatic nitrogens is 3. The van der Waals surface area contributed by atoms with Crippen molar-refractivity contribution in [3.8, 4) is 5.75 Å². The van der Waals surface area contributed by atoms with Crippen LogP contribution in [0.5, 0.6) is 5.75 Å². The van der Waals surface area contributed by atoms with Gasteiger partial charge >= 0.3 is 0 Å². The lowest BCUT2D eigenvalue weighted by Crippen LogP contribution is -2.31. The molecule has 1 N–H and O–H groups in total. The van der Waals surface area contributed by atoms with Gasteiger partial charge < -0.3 is 9.84 Å². The van der Waals surface area contributed by atoms with Crippen molar-refractivity contribution >= 4 is 74.5 Å². The van der Waals surface area contributed by atoms with Crippen LogP contribution in [0.2, 0.25) is 10.0 Å². The maximum Gasteiger partial charge on any atom is 0.296 e. The highest BCUT2D eigenvalue weighted by molar-refractivity contribution is 8.00. The van der Waals surface area contributed by atoms with Crippen LogP contribution in [-0.2, 0) is 10.5 Å². The lowest BCUT2D eigenvalue weighted by Gasteiger charge is -2.25. The third-order valence-electron chi connectivity index (χ3n) is 6.21. The molecule has 2 aromatic heterocycles. The molecular formula is C28H24Cl2N4O4S3. The second-order valence-electron chi connectivity index (χ2n) is 9.08. The highest BCUT2D eigenvalue weighted by Crippen LogP contribution is 2.47. The van der Waals surface area contributed by atoms with E-state index < -0.39 is 23.5 Å². The normalized spacial score (nSPS) is 15.2. The first-order valence-corrected chi connectivity index (χ1v) is 15.9. The van der Waals surface area contributed by atoms with E-state index in [4.69, 9.17) is 27.9 Å². The zero-order valence-corrected chi connectivity index (χ0v) is 26.1. The van der Waals surface area contributed by atoms with Crippen molar-refractivity contribution in [1.29, 1.82) is 0 Å². The third kappa shape index (κ3) is 6.00. The fourth-order valence-electron chi connectivity index (χ4n) is 4.38. The van der Waals surface area contributed by atoms with E-state index in [9.17, 15) is 14.7 Å². The number of hydrogen-bond donors (Lipinski definition) is 1. The Morgan fingerprint density at radius 3 is 2.63 bits per heavy atom. The summed E-state index contributed by atoms with van der Waals surface area (Å²) in [7, 11) is 0. The second-order valence-corrected chi connectivity index (χ2v) is 13.3. The van der Waals surface area contributed by atoms with E-state index in [-0.39, 0.29) is 10.7 Å². The standard InChI is InChI=1S/C28H24Cl2N4O4S3/c1-4-11-38-20-8-6-5-7-18(20)22-21(23(35)25-14(2)31-15(3)40-25)24(36)26(37)34(22)27-32-33-28(41-27)39-13-16-9-10-17(29)12-19(16)30/h5-10,12,22,36H,4,11,13H2,1-3H3. The number of aryl methyl sites for hydroxylation is 2. The summed E-state index contributed by atoms with van der Waals surface area (Å²) in [5.74, 6) is -0.824. The van der Waals surface area contributed by atoms with Gasteiger partial charge in [-0.05, 0) is 44.0 Å². The molecule has 8 nitrogen and oxygen atoms in total. The highest BCUT2D eigenvalue weighted by atomic mass is 35.5. The zero-order chi connectivity index (χ0) is 29.3. The van der Waals surface area contributed by atoms with E-state index in [2.05, 4.69) is 15.2 Å². The molecule has 41 heavy (non-hydrogen) atoms. The molecule has 0 saturated carbocycles.